The minimum atomic E-state index is -4.43. The Bertz CT molecular complexity index is 534. The molecule has 0 unspecified atom stereocenters. The number of nitrogens with zero attached hydrogens (tertiary/aromatic N) is 1. The molecule has 0 amide bonds. The van der Waals surface area contributed by atoms with Crippen LogP contribution in [0.25, 0.3) is 11.3 Å². The number of pyridine rings is 1. The summed E-state index contributed by atoms with van der Waals surface area (Å²) in [5, 5.41) is 0. The van der Waals surface area contributed by atoms with Crippen molar-refractivity contribution in [3.63, 3.8) is 0 Å². The first-order chi connectivity index (χ1) is 7.97. The number of hydrogen-bond acceptors (Lipinski definition) is 1. The third-order valence-electron chi connectivity index (χ3n) is 2.21. The average molecular weight is 241 g/mol. The van der Waals surface area contributed by atoms with Crippen molar-refractivity contribution in [1.29, 1.82) is 0 Å². The molecule has 88 valence electrons. The first-order valence-corrected chi connectivity index (χ1v) is 4.76. The van der Waals surface area contributed by atoms with Crippen LogP contribution in [-0.4, -0.2) is 4.98 Å². The monoisotopic (exact) mass is 241 g/mol. The van der Waals surface area contributed by atoms with Crippen LogP contribution >= 0.6 is 0 Å². The van der Waals surface area contributed by atoms with Gasteiger partial charge in [-0.15, -0.1) is 0 Å². The molecule has 0 N–H and O–H groups in total. The van der Waals surface area contributed by atoms with Crippen molar-refractivity contribution in [1.82, 2.24) is 4.98 Å². The molecular weight excluding hydrogens is 234 g/mol. The van der Waals surface area contributed by atoms with E-state index in [2.05, 4.69) is 4.98 Å². The molecule has 0 atom stereocenters. The van der Waals surface area contributed by atoms with Crippen LogP contribution in [0.5, 0.6) is 0 Å². The summed E-state index contributed by atoms with van der Waals surface area (Å²) in [6.45, 7) is 0. The highest BCUT2D eigenvalue weighted by atomic mass is 19.4. The van der Waals surface area contributed by atoms with Crippen molar-refractivity contribution in [2.75, 3.05) is 0 Å². The molecular formula is C12H7F4N. The van der Waals surface area contributed by atoms with Crippen LogP contribution in [0.3, 0.4) is 0 Å². The largest absolute Gasteiger partial charge is 0.416 e. The topological polar surface area (TPSA) is 12.9 Å². The molecule has 1 aromatic carbocycles. The van der Waals surface area contributed by atoms with Crippen molar-refractivity contribution >= 4 is 0 Å². The molecule has 0 saturated heterocycles. The zero-order valence-electron chi connectivity index (χ0n) is 8.50. The van der Waals surface area contributed by atoms with Crippen molar-refractivity contribution in [2.45, 2.75) is 6.18 Å². The van der Waals surface area contributed by atoms with E-state index in [9.17, 15) is 17.6 Å². The van der Waals surface area contributed by atoms with Gasteiger partial charge in [0.25, 0.3) is 0 Å². The lowest BCUT2D eigenvalue weighted by molar-refractivity contribution is -0.137. The number of hydrogen-bond donors (Lipinski definition) is 0. The maximum atomic E-state index is 12.9. The molecule has 2 rings (SSSR count). The Labute approximate surface area is 94.7 Å². The van der Waals surface area contributed by atoms with E-state index in [4.69, 9.17) is 0 Å². The Hall–Kier alpha value is -1.91. The quantitative estimate of drug-likeness (QED) is 0.690. The van der Waals surface area contributed by atoms with Crippen LogP contribution in [-0.2, 0) is 6.18 Å². The second-order valence-corrected chi connectivity index (χ2v) is 3.44. The molecule has 2 aromatic rings. The summed E-state index contributed by atoms with van der Waals surface area (Å²) in [7, 11) is 0. The maximum absolute atomic E-state index is 12.9. The van der Waals surface area contributed by atoms with Crippen LogP contribution in [0.2, 0.25) is 0 Å². The number of alkyl halides is 3. The molecule has 0 spiro atoms. The summed E-state index contributed by atoms with van der Waals surface area (Å²) in [4.78, 5) is 3.80. The minimum absolute atomic E-state index is 0.0966. The summed E-state index contributed by atoms with van der Waals surface area (Å²) in [5.74, 6) is -0.512. The SMILES string of the molecule is Fc1cccc(-c2cc(C(F)(F)F)ccn2)c1. The fourth-order valence-corrected chi connectivity index (χ4v) is 1.41. The summed E-state index contributed by atoms with van der Waals surface area (Å²) in [6.07, 6.45) is -3.37. The maximum Gasteiger partial charge on any atom is 0.416 e. The Morgan fingerprint density at radius 1 is 1.00 bits per heavy atom. The molecule has 0 aliphatic carbocycles. The van der Waals surface area contributed by atoms with Gasteiger partial charge in [-0.25, -0.2) is 4.39 Å². The van der Waals surface area contributed by atoms with Crippen LogP contribution in [0.1, 0.15) is 5.56 Å². The van der Waals surface area contributed by atoms with Crippen molar-refractivity contribution in [3.05, 3.63) is 54.0 Å². The molecule has 17 heavy (non-hydrogen) atoms. The highest BCUT2D eigenvalue weighted by molar-refractivity contribution is 5.59. The third-order valence-corrected chi connectivity index (χ3v) is 2.21. The first-order valence-electron chi connectivity index (χ1n) is 4.76. The second kappa shape index (κ2) is 4.16. The molecule has 0 aliphatic heterocycles. The lowest BCUT2D eigenvalue weighted by atomic mass is 10.1. The Kier molecular flexibility index (Phi) is 2.83. The highest BCUT2D eigenvalue weighted by Crippen LogP contribution is 2.31. The van der Waals surface area contributed by atoms with E-state index < -0.39 is 17.6 Å². The van der Waals surface area contributed by atoms with Gasteiger partial charge in [0.2, 0.25) is 0 Å². The van der Waals surface area contributed by atoms with Gasteiger partial charge in [0.05, 0.1) is 11.3 Å². The molecule has 0 radical (unpaired) electrons. The van der Waals surface area contributed by atoms with Crippen molar-refractivity contribution in [2.24, 2.45) is 0 Å². The molecule has 0 saturated carbocycles. The summed E-state index contributed by atoms with van der Waals surface area (Å²) < 4.78 is 50.3. The van der Waals surface area contributed by atoms with Gasteiger partial charge in [0.1, 0.15) is 5.82 Å². The van der Waals surface area contributed by atoms with Gasteiger partial charge in [-0.3, -0.25) is 4.98 Å². The van der Waals surface area contributed by atoms with E-state index in [1.807, 2.05) is 0 Å². The Balaban J connectivity index is 2.47. The van der Waals surface area contributed by atoms with E-state index in [0.29, 0.717) is 5.56 Å². The van der Waals surface area contributed by atoms with Gasteiger partial charge in [-0.1, -0.05) is 12.1 Å². The zero-order valence-corrected chi connectivity index (χ0v) is 8.50. The van der Waals surface area contributed by atoms with Gasteiger partial charge in [0, 0.05) is 11.8 Å². The van der Waals surface area contributed by atoms with Gasteiger partial charge < -0.3 is 0 Å². The fraction of sp³-hybridized carbons (Fsp3) is 0.0833. The predicted molar refractivity (Wildman–Crippen MR) is 54.6 cm³/mol. The minimum Gasteiger partial charge on any atom is -0.256 e. The van der Waals surface area contributed by atoms with Crippen LogP contribution in [0.4, 0.5) is 17.6 Å². The number of rotatable bonds is 1. The van der Waals surface area contributed by atoms with Crippen LogP contribution in [0, 0.1) is 5.82 Å². The number of benzene rings is 1. The lowest BCUT2D eigenvalue weighted by Crippen LogP contribution is -2.05. The van der Waals surface area contributed by atoms with Gasteiger partial charge in [0.15, 0.2) is 0 Å². The number of aromatic nitrogens is 1. The van der Waals surface area contributed by atoms with E-state index in [1.165, 1.54) is 18.2 Å². The molecule has 5 heteroatoms. The highest BCUT2D eigenvalue weighted by Gasteiger charge is 2.30. The summed E-state index contributed by atoms with van der Waals surface area (Å²) >= 11 is 0. The Morgan fingerprint density at radius 2 is 1.76 bits per heavy atom. The van der Waals surface area contributed by atoms with Gasteiger partial charge in [-0.2, -0.15) is 13.2 Å². The average Bonchev–Trinajstić information content (AvgIpc) is 2.28. The zero-order chi connectivity index (χ0) is 12.5. The normalized spacial score (nSPS) is 11.5. The van der Waals surface area contributed by atoms with Crippen molar-refractivity contribution in [3.8, 4) is 11.3 Å². The molecule has 1 heterocycles. The van der Waals surface area contributed by atoms with Crippen LogP contribution in [0.15, 0.2) is 42.6 Å². The molecule has 0 aliphatic rings. The van der Waals surface area contributed by atoms with E-state index in [-0.39, 0.29) is 5.69 Å². The van der Waals surface area contributed by atoms with Crippen LogP contribution < -0.4 is 0 Å². The predicted octanol–water partition coefficient (Wildman–Crippen LogP) is 3.91. The molecule has 1 nitrogen and oxygen atoms in total. The second-order valence-electron chi connectivity index (χ2n) is 3.44. The van der Waals surface area contributed by atoms with E-state index in [0.717, 1.165) is 24.4 Å². The Morgan fingerprint density at radius 3 is 2.41 bits per heavy atom. The van der Waals surface area contributed by atoms with Gasteiger partial charge in [-0.05, 0) is 24.3 Å². The fourth-order valence-electron chi connectivity index (χ4n) is 1.41. The van der Waals surface area contributed by atoms with Crippen molar-refractivity contribution < 1.29 is 17.6 Å². The van der Waals surface area contributed by atoms with Gasteiger partial charge >= 0.3 is 6.18 Å². The summed E-state index contributed by atoms with van der Waals surface area (Å²) in [5.41, 5.74) is -0.387. The van der Waals surface area contributed by atoms with E-state index in [1.54, 1.807) is 0 Å². The smallest absolute Gasteiger partial charge is 0.256 e. The molecule has 0 bridgehead atoms. The lowest BCUT2D eigenvalue weighted by Gasteiger charge is -2.08. The standard InChI is InChI=1S/C12H7F4N/c13-10-3-1-2-8(6-10)11-7-9(4-5-17-11)12(14,15)16/h1-7H. The molecule has 0 fully saturated rings. The summed E-state index contributed by atoms with van der Waals surface area (Å²) in [6, 6.07) is 7.06. The molecule has 1 aromatic heterocycles. The first kappa shape index (κ1) is 11.6. The van der Waals surface area contributed by atoms with E-state index >= 15 is 0 Å². The third kappa shape index (κ3) is 2.61. The number of halogens is 4.